The van der Waals surface area contributed by atoms with Crippen LogP contribution in [0, 0.1) is 6.92 Å². The van der Waals surface area contributed by atoms with Gasteiger partial charge in [-0.15, -0.1) is 0 Å². The van der Waals surface area contributed by atoms with Crippen LogP contribution in [0.3, 0.4) is 0 Å². The van der Waals surface area contributed by atoms with Gasteiger partial charge in [-0.2, -0.15) is 0 Å². The van der Waals surface area contributed by atoms with E-state index < -0.39 is 0 Å². The van der Waals surface area contributed by atoms with E-state index in [-0.39, 0.29) is 11.8 Å². The molecule has 22 heavy (non-hydrogen) atoms. The second-order valence-electron chi connectivity index (χ2n) is 5.02. The molecule has 0 saturated carbocycles. The number of carbonyl (C=O) groups is 2. The van der Waals surface area contributed by atoms with E-state index in [0.29, 0.717) is 11.1 Å². The Morgan fingerprint density at radius 3 is 2.36 bits per heavy atom. The number of amides is 2. The largest absolute Gasteiger partial charge is 0.360 e. The molecule has 0 atom stereocenters. The molecular weight excluding hydrogens is 278 g/mol. The number of rotatable bonds is 2. The summed E-state index contributed by atoms with van der Waals surface area (Å²) in [7, 11) is 0. The number of hydrogen-bond acceptors (Lipinski definition) is 2. The van der Waals surface area contributed by atoms with Crippen molar-refractivity contribution in [3.8, 4) is 0 Å². The summed E-state index contributed by atoms with van der Waals surface area (Å²) in [5.41, 5.74) is 7.77. The summed E-state index contributed by atoms with van der Waals surface area (Å²) in [5, 5.41) is 0.810. The lowest BCUT2D eigenvalue weighted by Crippen LogP contribution is -2.41. The quantitative estimate of drug-likeness (QED) is 0.635. The van der Waals surface area contributed by atoms with E-state index >= 15 is 0 Å². The van der Waals surface area contributed by atoms with Crippen molar-refractivity contribution in [1.82, 2.24) is 15.8 Å². The van der Waals surface area contributed by atoms with Crippen LogP contribution < -0.4 is 10.9 Å². The topological polar surface area (TPSA) is 74.0 Å². The minimum Gasteiger partial charge on any atom is -0.360 e. The number of hydrogen-bond donors (Lipinski definition) is 3. The van der Waals surface area contributed by atoms with Gasteiger partial charge in [0.2, 0.25) is 0 Å². The second kappa shape index (κ2) is 5.73. The Hall–Kier alpha value is -3.08. The van der Waals surface area contributed by atoms with E-state index in [1.54, 1.807) is 18.3 Å². The van der Waals surface area contributed by atoms with E-state index in [1.807, 2.05) is 43.3 Å². The molecule has 0 aliphatic carbocycles. The highest BCUT2D eigenvalue weighted by molar-refractivity contribution is 6.07. The van der Waals surface area contributed by atoms with Crippen molar-refractivity contribution in [1.29, 1.82) is 0 Å². The van der Waals surface area contributed by atoms with Gasteiger partial charge < -0.3 is 4.98 Å². The van der Waals surface area contributed by atoms with Gasteiger partial charge in [0.05, 0.1) is 5.56 Å². The van der Waals surface area contributed by atoms with Crippen LogP contribution in [-0.2, 0) is 0 Å². The van der Waals surface area contributed by atoms with Crippen molar-refractivity contribution in [2.24, 2.45) is 0 Å². The van der Waals surface area contributed by atoms with Gasteiger partial charge in [-0.1, -0.05) is 35.9 Å². The average Bonchev–Trinajstić information content (AvgIpc) is 2.97. The highest BCUT2D eigenvalue weighted by atomic mass is 16.2. The fourth-order valence-electron chi connectivity index (χ4n) is 2.22. The smallest absolute Gasteiger partial charge is 0.271 e. The van der Waals surface area contributed by atoms with Crippen molar-refractivity contribution >= 4 is 22.7 Å². The molecule has 0 unspecified atom stereocenters. The third-order valence-electron chi connectivity index (χ3n) is 3.44. The molecule has 0 radical (unpaired) electrons. The number of nitrogens with one attached hydrogen (secondary N) is 3. The molecule has 2 amide bonds. The predicted octanol–water partition coefficient (Wildman–Crippen LogP) is 2.55. The lowest BCUT2D eigenvalue weighted by Gasteiger charge is -2.07. The van der Waals surface area contributed by atoms with E-state index in [4.69, 9.17) is 0 Å². The van der Waals surface area contributed by atoms with Crippen molar-refractivity contribution in [2.45, 2.75) is 6.92 Å². The van der Waals surface area contributed by atoms with Gasteiger partial charge in [0, 0.05) is 22.7 Å². The van der Waals surface area contributed by atoms with Gasteiger partial charge in [-0.3, -0.25) is 20.4 Å². The maximum atomic E-state index is 12.2. The zero-order valence-electron chi connectivity index (χ0n) is 12.0. The van der Waals surface area contributed by atoms with E-state index in [2.05, 4.69) is 15.8 Å². The molecule has 0 aliphatic heterocycles. The molecule has 2 aromatic carbocycles. The second-order valence-corrected chi connectivity index (χ2v) is 5.02. The lowest BCUT2D eigenvalue weighted by atomic mass is 10.1. The van der Waals surface area contributed by atoms with Crippen LogP contribution >= 0.6 is 0 Å². The van der Waals surface area contributed by atoms with Crippen LogP contribution in [0.25, 0.3) is 10.9 Å². The fourth-order valence-corrected chi connectivity index (χ4v) is 2.22. The summed E-state index contributed by atoms with van der Waals surface area (Å²) in [6.07, 6.45) is 1.62. The number of aromatic amines is 1. The van der Waals surface area contributed by atoms with Crippen LogP contribution in [0.15, 0.2) is 54.7 Å². The zero-order valence-corrected chi connectivity index (χ0v) is 12.0. The van der Waals surface area contributed by atoms with Crippen LogP contribution in [0.5, 0.6) is 0 Å². The highest BCUT2D eigenvalue weighted by Crippen LogP contribution is 2.17. The summed E-state index contributed by atoms with van der Waals surface area (Å²) in [6.45, 7) is 1.94. The van der Waals surface area contributed by atoms with Crippen LogP contribution in [0.4, 0.5) is 0 Å². The molecule has 1 aromatic heterocycles. The van der Waals surface area contributed by atoms with Gasteiger partial charge in [0.25, 0.3) is 11.8 Å². The first-order valence-electron chi connectivity index (χ1n) is 6.88. The molecule has 3 rings (SSSR count). The maximum Gasteiger partial charge on any atom is 0.271 e. The molecule has 5 nitrogen and oxygen atoms in total. The number of aryl methyl sites for hydroxylation is 1. The van der Waals surface area contributed by atoms with Crippen molar-refractivity contribution in [3.63, 3.8) is 0 Å². The Bertz CT molecular complexity index is 834. The van der Waals surface area contributed by atoms with E-state index in [1.165, 1.54) is 0 Å². The van der Waals surface area contributed by atoms with Crippen molar-refractivity contribution < 1.29 is 9.59 Å². The number of carbonyl (C=O) groups excluding carboxylic acids is 2. The monoisotopic (exact) mass is 293 g/mol. The van der Waals surface area contributed by atoms with Crippen LogP contribution in [-0.4, -0.2) is 16.8 Å². The van der Waals surface area contributed by atoms with E-state index in [0.717, 1.165) is 16.5 Å². The molecule has 1 heterocycles. The molecule has 3 N–H and O–H groups in total. The standard InChI is InChI=1S/C17H15N3O2/c1-11-6-8-12(9-7-11)16(21)19-20-17(22)14-10-18-15-5-3-2-4-13(14)15/h2-10,18H,1H3,(H,19,21)(H,20,22). The number of benzene rings is 2. The van der Waals surface area contributed by atoms with Gasteiger partial charge in [0.15, 0.2) is 0 Å². The first kappa shape index (κ1) is 13.9. The summed E-state index contributed by atoms with van der Waals surface area (Å²) < 4.78 is 0. The highest BCUT2D eigenvalue weighted by Gasteiger charge is 2.12. The first-order valence-corrected chi connectivity index (χ1v) is 6.88. The number of H-pyrrole nitrogens is 1. The maximum absolute atomic E-state index is 12.2. The summed E-state index contributed by atoms with van der Waals surface area (Å²) in [4.78, 5) is 27.1. The molecule has 3 aromatic rings. The molecule has 0 spiro atoms. The molecule has 0 saturated heterocycles. The fraction of sp³-hybridized carbons (Fsp3) is 0.0588. The predicted molar refractivity (Wildman–Crippen MR) is 84.4 cm³/mol. The Labute approximate surface area is 127 Å². The first-order chi connectivity index (χ1) is 10.6. The van der Waals surface area contributed by atoms with E-state index in [9.17, 15) is 9.59 Å². The summed E-state index contributed by atoms with van der Waals surface area (Å²) in [5.74, 6) is -0.717. The van der Waals surface area contributed by atoms with Crippen LogP contribution in [0.1, 0.15) is 26.3 Å². The van der Waals surface area contributed by atoms with Gasteiger partial charge >= 0.3 is 0 Å². The Morgan fingerprint density at radius 2 is 1.59 bits per heavy atom. The van der Waals surface area contributed by atoms with Gasteiger partial charge in [0.1, 0.15) is 0 Å². The normalized spacial score (nSPS) is 10.4. The van der Waals surface area contributed by atoms with Crippen LogP contribution in [0.2, 0.25) is 0 Å². The lowest BCUT2D eigenvalue weighted by molar-refractivity contribution is 0.0847. The van der Waals surface area contributed by atoms with Gasteiger partial charge in [-0.25, -0.2) is 0 Å². The molecule has 0 fully saturated rings. The molecule has 0 bridgehead atoms. The summed E-state index contributed by atoms with van der Waals surface area (Å²) >= 11 is 0. The molecule has 0 aliphatic rings. The minimum absolute atomic E-state index is 0.354. The molecular formula is C17H15N3O2. The number of fused-ring (bicyclic) bond motifs is 1. The Morgan fingerprint density at radius 1 is 0.909 bits per heavy atom. The SMILES string of the molecule is Cc1ccc(C(=O)NNC(=O)c2c[nH]c3ccccc23)cc1. The number of para-hydroxylation sites is 1. The third kappa shape index (κ3) is 2.69. The summed E-state index contributed by atoms with van der Waals surface area (Å²) in [6, 6.07) is 14.6. The average molecular weight is 293 g/mol. The molecule has 5 heteroatoms. The molecule has 110 valence electrons. The Balaban J connectivity index is 1.70. The minimum atomic E-state index is -0.363. The van der Waals surface area contributed by atoms with Crippen molar-refractivity contribution in [2.75, 3.05) is 0 Å². The zero-order chi connectivity index (χ0) is 15.5. The van der Waals surface area contributed by atoms with Gasteiger partial charge in [-0.05, 0) is 25.1 Å². The number of hydrazine groups is 1. The number of aromatic nitrogens is 1. The third-order valence-corrected chi connectivity index (χ3v) is 3.44. The Kier molecular flexibility index (Phi) is 3.62. The van der Waals surface area contributed by atoms with Crippen molar-refractivity contribution in [3.05, 3.63) is 71.4 Å².